The highest BCUT2D eigenvalue weighted by molar-refractivity contribution is 5.89. The molecule has 1 aliphatic carbocycles. The lowest BCUT2D eigenvalue weighted by molar-refractivity contribution is 0.0266. The van der Waals surface area contributed by atoms with Crippen molar-refractivity contribution in [2.75, 3.05) is 0 Å². The second-order valence-electron chi connectivity index (χ2n) is 5.02. The van der Waals surface area contributed by atoms with E-state index in [-0.39, 0.29) is 11.7 Å². The third-order valence-electron chi connectivity index (χ3n) is 3.67. The third-order valence-corrected chi connectivity index (χ3v) is 3.67. The zero-order valence-corrected chi connectivity index (χ0v) is 11.0. The van der Waals surface area contributed by atoms with E-state index in [1.165, 1.54) is 23.3 Å². The first-order chi connectivity index (χ1) is 9.74. The van der Waals surface area contributed by atoms with Crippen molar-refractivity contribution in [3.8, 4) is 0 Å². The highest BCUT2D eigenvalue weighted by Gasteiger charge is 2.23. The van der Waals surface area contributed by atoms with Gasteiger partial charge in [0.25, 0.3) is 0 Å². The van der Waals surface area contributed by atoms with E-state index in [0.29, 0.717) is 6.42 Å². The first-order valence-electron chi connectivity index (χ1n) is 6.76. The highest BCUT2D eigenvalue weighted by Crippen LogP contribution is 2.24. The minimum absolute atomic E-state index is 0.00589. The molecule has 0 N–H and O–H groups in total. The summed E-state index contributed by atoms with van der Waals surface area (Å²) < 4.78 is 19.0. The fourth-order valence-corrected chi connectivity index (χ4v) is 2.61. The fourth-order valence-electron chi connectivity index (χ4n) is 2.61. The molecule has 0 bridgehead atoms. The van der Waals surface area contributed by atoms with E-state index in [9.17, 15) is 9.18 Å². The number of carbonyl (C=O) groups excluding carboxylic acids is 1. The minimum Gasteiger partial charge on any atom is -0.458 e. The molecule has 0 aliphatic heterocycles. The van der Waals surface area contributed by atoms with Gasteiger partial charge in [-0.3, -0.25) is 0 Å². The van der Waals surface area contributed by atoms with Crippen LogP contribution in [0.1, 0.15) is 27.9 Å². The molecule has 0 aromatic heterocycles. The molecule has 0 saturated carbocycles. The van der Waals surface area contributed by atoms with Crippen LogP contribution in [-0.2, 0) is 17.6 Å². The maximum atomic E-state index is 13.5. The Morgan fingerprint density at radius 1 is 1.05 bits per heavy atom. The van der Waals surface area contributed by atoms with E-state index in [1.54, 1.807) is 12.1 Å². The average molecular weight is 270 g/mol. The summed E-state index contributed by atoms with van der Waals surface area (Å²) in [6, 6.07) is 14.1. The Morgan fingerprint density at radius 2 is 1.75 bits per heavy atom. The van der Waals surface area contributed by atoms with Crippen LogP contribution in [0.15, 0.2) is 48.5 Å². The molecule has 2 nitrogen and oxygen atoms in total. The quantitative estimate of drug-likeness (QED) is 0.780. The summed E-state index contributed by atoms with van der Waals surface area (Å²) in [5.41, 5.74) is 2.53. The molecule has 0 spiro atoms. The summed E-state index contributed by atoms with van der Waals surface area (Å²) in [6.45, 7) is 0. The number of rotatable bonds is 2. The van der Waals surface area contributed by atoms with Gasteiger partial charge < -0.3 is 4.74 Å². The molecular weight excluding hydrogens is 255 g/mol. The molecular formula is C17H15FO2. The molecule has 1 atom stereocenters. The van der Waals surface area contributed by atoms with Crippen molar-refractivity contribution in [3.05, 3.63) is 71.0 Å². The van der Waals surface area contributed by atoms with Gasteiger partial charge in [-0.05, 0) is 36.1 Å². The maximum Gasteiger partial charge on any atom is 0.341 e. The van der Waals surface area contributed by atoms with Crippen molar-refractivity contribution in [3.63, 3.8) is 0 Å². The second kappa shape index (κ2) is 5.45. The Morgan fingerprint density at radius 3 is 2.55 bits per heavy atom. The van der Waals surface area contributed by atoms with Gasteiger partial charge >= 0.3 is 5.97 Å². The van der Waals surface area contributed by atoms with Crippen LogP contribution in [0.3, 0.4) is 0 Å². The summed E-state index contributed by atoms with van der Waals surface area (Å²) in [7, 11) is 0. The Labute approximate surface area is 117 Å². The van der Waals surface area contributed by atoms with Crippen molar-refractivity contribution in [1.82, 2.24) is 0 Å². The molecule has 20 heavy (non-hydrogen) atoms. The van der Waals surface area contributed by atoms with Gasteiger partial charge in [0.1, 0.15) is 11.9 Å². The number of aryl methyl sites for hydroxylation is 1. The monoisotopic (exact) mass is 270 g/mol. The third kappa shape index (κ3) is 2.57. The normalized spacial score (nSPS) is 17.4. The first kappa shape index (κ1) is 12.9. The van der Waals surface area contributed by atoms with Crippen LogP contribution in [0.4, 0.5) is 4.39 Å². The van der Waals surface area contributed by atoms with Crippen LogP contribution in [0, 0.1) is 5.82 Å². The SMILES string of the molecule is O=C(OC1CCc2ccccc2C1)c1ccccc1F. The molecule has 1 unspecified atom stereocenters. The summed E-state index contributed by atoms with van der Waals surface area (Å²) >= 11 is 0. The Kier molecular flexibility index (Phi) is 3.50. The van der Waals surface area contributed by atoms with E-state index in [1.807, 2.05) is 12.1 Å². The molecule has 0 fully saturated rings. The largest absolute Gasteiger partial charge is 0.458 e. The van der Waals surface area contributed by atoms with Gasteiger partial charge in [0, 0.05) is 6.42 Å². The zero-order chi connectivity index (χ0) is 13.9. The van der Waals surface area contributed by atoms with Crippen LogP contribution in [0.5, 0.6) is 0 Å². The zero-order valence-electron chi connectivity index (χ0n) is 11.0. The van der Waals surface area contributed by atoms with Crippen LogP contribution in [0.25, 0.3) is 0 Å². The molecule has 2 aromatic carbocycles. The number of ether oxygens (including phenoxy) is 1. The van der Waals surface area contributed by atoms with E-state index in [0.717, 1.165) is 12.8 Å². The Hall–Kier alpha value is -2.16. The molecule has 3 rings (SSSR count). The highest BCUT2D eigenvalue weighted by atomic mass is 19.1. The molecule has 0 amide bonds. The van der Waals surface area contributed by atoms with Crippen molar-refractivity contribution in [1.29, 1.82) is 0 Å². The van der Waals surface area contributed by atoms with Gasteiger partial charge in [0.15, 0.2) is 0 Å². The van der Waals surface area contributed by atoms with Gasteiger partial charge in [-0.15, -0.1) is 0 Å². The van der Waals surface area contributed by atoms with Crippen molar-refractivity contribution in [2.24, 2.45) is 0 Å². The minimum atomic E-state index is -0.576. The molecule has 2 aromatic rings. The average Bonchev–Trinajstić information content (AvgIpc) is 2.47. The Balaban J connectivity index is 1.71. The smallest absolute Gasteiger partial charge is 0.341 e. The standard InChI is InChI=1S/C17H15FO2/c18-16-8-4-3-7-15(16)17(19)20-14-10-9-12-5-1-2-6-13(12)11-14/h1-8,14H,9-11H2. The van der Waals surface area contributed by atoms with Gasteiger partial charge in [-0.25, -0.2) is 9.18 Å². The van der Waals surface area contributed by atoms with Gasteiger partial charge in [-0.1, -0.05) is 36.4 Å². The van der Waals surface area contributed by atoms with Crippen molar-refractivity contribution in [2.45, 2.75) is 25.4 Å². The predicted molar refractivity (Wildman–Crippen MR) is 74.1 cm³/mol. The molecule has 0 heterocycles. The van der Waals surface area contributed by atoms with Crippen LogP contribution in [-0.4, -0.2) is 12.1 Å². The van der Waals surface area contributed by atoms with E-state index >= 15 is 0 Å². The molecule has 0 radical (unpaired) electrons. The van der Waals surface area contributed by atoms with Gasteiger partial charge in [0.2, 0.25) is 0 Å². The number of benzene rings is 2. The second-order valence-corrected chi connectivity index (χ2v) is 5.02. The summed E-state index contributed by atoms with van der Waals surface area (Å²) in [5.74, 6) is -1.11. The maximum absolute atomic E-state index is 13.5. The van der Waals surface area contributed by atoms with Crippen LogP contribution in [0.2, 0.25) is 0 Å². The van der Waals surface area contributed by atoms with Gasteiger partial charge in [0.05, 0.1) is 5.56 Å². The lowest BCUT2D eigenvalue weighted by atomic mass is 9.90. The Bertz CT molecular complexity index is 636. The first-order valence-corrected chi connectivity index (χ1v) is 6.76. The number of carbonyl (C=O) groups is 1. The van der Waals surface area contributed by atoms with E-state index in [2.05, 4.69) is 12.1 Å². The molecule has 1 aliphatic rings. The summed E-state index contributed by atoms with van der Waals surface area (Å²) in [4.78, 5) is 12.0. The molecule has 3 heteroatoms. The summed E-state index contributed by atoms with van der Waals surface area (Å²) in [6.07, 6.45) is 2.22. The van der Waals surface area contributed by atoms with Crippen molar-refractivity contribution < 1.29 is 13.9 Å². The van der Waals surface area contributed by atoms with Crippen molar-refractivity contribution >= 4 is 5.97 Å². The lowest BCUT2D eigenvalue weighted by Crippen LogP contribution is -2.25. The van der Waals surface area contributed by atoms with Crippen LogP contribution >= 0.6 is 0 Å². The predicted octanol–water partition coefficient (Wildman–Crippen LogP) is 3.54. The van der Waals surface area contributed by atoms with E-state index in [4.69, 9.17) is 4.74 Å². The summed E-state index contributed by atoms with van der Waals surface area (Å²) in [5, 5.41) is 0. The molecule has 0 saturated heterocycles. The number of esters is 1. The van der Waals surface area contributed by atoms with E-state index < -0.39 is 11.8 Å². The number of hydrogen-bond acceptors (Lipinski definition) is 2. The van der Waals surface area contributed by atoms with Crippen LogP contribution < -0.4 is 0 Å². The van der Waals surface area contributed by atoms with Gasteiger partial charge in [-0.2, -0.15) is 0 Å². The number of halogens is 1. The lowest BCUT2D eigenvalue weighted by Gasteiger charge is -2.24. The topological polar surface area (TPSA) is 26.3 Å². The number of hydrogen-bond donors (Lipinski definition) is 0. The molecule has 102 valence electrons. The fraction of sp³-hybridized carbons (Fsp3) is 0.235. The number of fused-ring (bicyclic) bond motifs is 1.